The molecule has 3 aromatic heterocycles. The van der Waals surface area contributed by atoms with Crippen molar-refractivity contribution in [1.29, 1.82) is 0 Å². The lowest BCUT2D eigenvalue weighted by Crippen LogP contribution is -1.90. The Balaban J connectivity index is 1.10. The second kappa shape index (κ2) is 10.1. The van der Waals surface area contributed by atoms with Gasteiger partial charge in [0.05, 0.1) is 0 Å². The van der Waals surface area contributed by atoms with E-state index in [4.69, 9.17) is 8.83 Å². The largest absolute Gasteiger partial charge is 0.456 e. The molecule has 0 amide bonds. The first-order valence-electron chi connectivity index (χ1n) is 17.3. The standard InChI is InChI=1S/C48H26O2S/c1-3-13-35-33(11-1)46(34-12-2-4-14-36(34)47(35)29-18-20-32-31-10-6-8-16-44(31)51-45(32)25-29)28-19-22-42-40(24-28)37-21-17-27-23-39-30-9-5-7-15-41(30)49-43(39)26-38(27)48(37)50-42/h1-26H. The van der Waals surface area contributed by atoms with Gasteiger partial charge < -0.3 is 8.83 Å². The van der Waals surface area contributed by atoms with Gasteiger partial charge in [0.25, 0.3) is 0 Å². The molecule has 12 aromatic rings. The lowest BCUT2D eigenvalue weighted by Gasteiger charge is -2.18. The highest BCUT2D eigenvalue weighted by Gasteiger charge is 2.19. The summed E-state index contributed by atoms with van der Waals surface area (Å²) in [5, 5.41) is 14.3. The van der Waals surface area contributed by atoms with E-state index in [-0.39, 0.29) is 0 Å². The van der Waals surface area contributed by atoms with Crippen LogP contribution in [-0.2, 0) is 0 Å². The molecule has 2 nitrogen and oxygen atoms in total. The predicted molar refractivity (Wildman–Crippen MR) is 217 cm³/mol. The molecule has 9 aromatic carbocycles. The number of para-hydroxylation sites is 1. The van der Waals surface area contributed by atoms with Crippen LogP contribution in [0.2, 0.25) is 0 Å². The summed E-state index contributed by atoms with van der Waals surface area (Å²) in [6.07, 6.45) is 0. The van der Waals surface area contributed by atoms with Crippen LogP contribution in [0.3, 0.4) is 0 Å². The van der Waals surface area contributed by atoms with E-state index in [2.05, 4.69) is 146 Å². The van der Waals surface area contributed by atoms with Crippen LogP contribution in [0.4, 0.5) is 0 Å². The van der Waals surface area contributed by atoms with Crippen LogP contribution in [-0.4, -0.2) is 0 Å². The summed E-state index contributed by atoms with van der Waals surface area (Å²) >= 11 is 1.87. The monoisotopic (exact) mass is 666 g/mol. The van der Waals surface area contributed by atoms with Gasteiger partial charge in [-0.2, -0.15) is 0 Å². The third-order valence-electron chi connectivity index (χ3n) is 10.8. The van der Waals surface area contributed by atoms with E-state index in [0.29, 0.717) is 0 Å². The number of benzene rings is 9. The van der Waals surface area contributed by atoms with Crippen molar-refractivity contribution < 1.29 is 8.83 Å². The summed E-state index contributed by atoms with van der Waals surface area (Å²) < 4.78 is 15.6. The van der Waals surface area contributed by atoms with Crippen LogP contribution in [0, 0.1) is 0 Å². The average Bonchev–Trinajstić information content (AvgIpc) is 3.86. The molecule has 0 atom stereocenters. The first-order valence-corrected chi connectivity index (χ1v) is 18.1. The van der Waals surface area contributed by atoms with Crippen LogP contribution >= 0.6 is 11.3 Å². The molecule has 0 aliphatic rings. The maximum absolute atomic E-state index is 6.65. The Morgan fingerprint density at radius 3 is 1.65 bits per heavy atom. The van der Waals surface area contributed by atoms with E-state index in [1.54, 1.807) is 0 Å². The third kappa shape index (κ3) is 3.81. The Bertz CT molecular complexity index is 3370. The topological polar surface area (TPSA) is 26.3 Å². The molecule has 0 saturated heterocycles. The number of thiophene rings is 1. The highest BCUT2D eigenvalue weighted by molar-refractivity contribution is 7.25. The molecule has 3 heteroatoms. The van der Waals surface area contributed by atoms with Crippen molar-refractivity contribution in [2.45, 2.75) is 0 Å². The molecule has 0 unspecified atom stereocenters. The highest BCUT2D eigenvalue weighted by Crippen LogP contribution is 2.47. The fraction of sp³-hybridized carbons (Fsp3) is 0. The Morgan fingerprint density at radius 2 is 0.882 bits per heavy atom. The SMILES string of the molecule is c1ccc2c(c1)oc1cc3c(ccc4c5cc(-c6c7ccccc7c(-c7ccc8c(c7)sc7ccccc78)c7ccccc67)ccc5oc34)cc12. The van der Waals surface area contributed by atoms with Crippen molar-refractivity contribution in [2.24, 2.45) is 0 Å². The summed E-state index contributed by atoms with van der Waals surface area (Å²) in [6.45, 7) is 0. The van der Waals surface area contributed by atoms with Crippen molar-refractivity contribution >= 4 is 108 Å². The van der Waals surface area contributed by atoms with Crippen LogP contribution in [0.1, 0.15) is 0 Å². The van der Waals surface area contributed by atoms with Crippen molar-refractivity contribution in [1.82, 2.24) is 0 Å². The van der Waals surface area contributed by atoms with Crippen molar-refractivity contribution in [3.05, 3.63) is 158 Å². The van der Waals surface area contributed by atoms with Crippen molar-refractivity contribution in [3.8, 4) is 22.3 Å². The molecule has 0 fully saturated rings. The average molecular weight is 667 g/mol. The summed E-state index contributed by atoms with van der Waals surface area (Å²) in [5.74, 6) is 0. The molecular formula is C48H26O2S. The van der Waals surface area contributed by atoms with E-state index < -0.39 is 0 Å². The fourth-order valence-electron chi connectivity index (χ4n) is 8.57. The lowest BCUT2D eigenvalue weighted by molar-refractivity contribution is 0.667. The van der Waals surface area contributed by atoms with Gasteiger partial charge in [0.15, 0.2) is 0 Å². The molecule has 0 aliphatic carbocycles. The molecule has 3 heterocycles. The van der Waals surface area contributed by atoms with Gasteiger partial charge in [-0.3, -0.25) is 0 Å². The molecular weight excluding hydrogens is 641 g/mol. The van der Waals surface area contributed by atoms with Crippen LogP contribution in [0.5, 0.6) is 0 Å². The molecule has 0 bridgehead atoms. The van der Waals surface area contributed by atoms with Gasteiger partial charge in [-0.1, -0.05) is 109 Å². The Morgan fingerprint density at radius 1 is 0.314 bits per heavy atom. The third-order valence-corrected chi connectivity index (χ3v) is 12.0. The van der Waals surface area contributed by atoms with E-state index in [0.717, 1.165) is 54.6 Å². The van der Waals surface area contributed by atoms with E-state index in [1.165, 1.54) is 64.0 Å². The van der Waals surface area contributed by atoms with Crippen LogP contribution in [0.25, 0.3) is 119 Å². The van der Waals surface area contributed by atoms with E-state index in [1.807, 2.05) is 23.5 Å². The fourth-order valence-corrected chi connectivity index (χ4v) is 9.71. The summed E-state index contributed by atoms with van der Waals surface area (Å²) in [7, 11) is 0. The highest BCUT2D eigenvalue weighted by atomic mass is 32.1. The van der Waals surface area contributed by atoms with Gasteiger partial charge in [-0.15, -0.1) is 11.3 Å². The maximum atomic E-state index is 6.65. The second-order valence-corrected chi connectivity index (χ2v) is 14.7. The smallest absolute Gasteiger partial charge is 0.143 e. The predicted octanol–water partition coefficient (Wildman–Crippen LogP) is 14.6. The number of fused-ring (bicyclic) bond motifs is 13. The molecule has 0 aliphatic heterocycles. The van der Waals surface area contributed by atoms with Gasteiger partial charge in [0, 0.05) is 47.1 Å². The molecule has 236 valence electrons. The van der Waals surface area contributed by atoms with Crippen molar-refractivity contribution in [3.63, 3.8) is 0 Å². The number of furan rings is 2. The summed E-state index contributed by atoms with van der Waals surface area (Å²) in [6, 6.07) is 57.2. The molecule has 0 spiro atoms. The Labute approximate surface area is 295 Å². The van der Waals surface area contributed by atoms with Gasteiger partial charge >= 0.3 is 0 Å². The van der Waals surface area contributed by atoms with E-state index >= 15 is 0 Å². The van der Waals surface area contributed by atoms with Gasteiger partial charge in [0.2, 0.25) is 0 Å². The van der Waals surface area contributed by atoms with Crippen LogP contribution < -0.4 is 0 Å². The number of hydrogen-bond donors (Lipinski definition) is 0. The quantitative estimate of drug-likeness (QED) is 0.172. The molecule has 51 heavy (non-hydrogen) atoms. The van der Waals surface area contributed by atoms with E-state index in [9.17, 15) is 0 Å². The zero-order valence-electron chi connectivity index (χ0n) is 27.2. The first kappa shape index (κ1) is 27.4. The second-order valence-electron chi connectivity index (χ2n) is 13.6. The molecule has 0 radical (unpaired) electrons. The zero-order valence-corrected chi connectivity index (χ0v) is 28.1. The van der Waals surface area contributed by atoms with Crippen molar-refractivity contribution in [2.75, 3.05) is 0 Å². The van der Waals surface area contributed by atoms with Gasteiger partial charge in [-0.05, 0) is 97.7 Å². The Hall–Kier alpha value is -6.42. The van der Waals surface area contributed by atoms with Crippen LogP contribution in [0.15, 0.2) is 167 Å². The van der Waals surface area contributed by atoms with Gasteiger partial charge in [-0.25, -0.2) is 0 Å². The number of rotatable bonds is 2. The normalized spacial score (nSPS) is 12.3. The summed E-state index contributed by atoms with van der Waals surface area (Å²) in [4.78, 5) is 0. The minimum atomic E-state index is 0.877. The summed E-state index contributed by atoms with van der Waals surface area (Å²) in [5.41, 5.74) is 8.50. The first-order chi connectivity index (χ1) is 25.3. The zero-order chi connectivity index (χ0) is 33.2. The lowest BCUT2D eigenvalue weighted by atomic mass is 9.85. The molecule has 12 rings (SSSR count). The maximum Gasteiger partial charge on any atom is 0.143 e. The minimum absolute atomic E-state index is 0.877. The minimum Gasteiger partial charge on any atom is -0.456 e. The Kier molecular flexibility index (Phi) is 5.41. The molecule has 0 N–H and O–H groups in total. The molecule has 0 saturated carbocycles. The van der Waals surface area contributed by atoms with Gasteiger partial charge in [0.1, 0.15) is 22.3 Å². The number of hydrogen-bond acceptors (Lipinski definition) is 3.